The second-order valence-corrected chi connectivity index (χ2v) is 8.50. The first-order valence-corrected chi connectivity index (χ1v) is 10.8. The molecule has 0 bridgehead atoms. The Kier molecular flexibility index (Phi) is 4.77. The molecule has 28 heavy (non-hydrogen) atoms. The van der Waals surface area contributed by atoms with Crippen LogP contribution in [0.2, 0.25) is 0 Å². The van der Waals surface area contributed by atoms with Crippen LogP contribution in [-0.2, 0) is 12.8 Å². The minimum Gasteiger partial charge on any atom is -0.396 e. The van der Waals surface area contributed by atoms with E-state index < -0.39 is 0 Å². The van der Waals surface area contributed by atoms with E-state index in [0.29, 0.717) is 18.0 Å². The lowest BCUT2D eigenvalue weighted by molar-refractivity contribution is 0.299. The summed E-state index contributed by atoms with van der Waals surface area (Å²) in [6.45, 7) is 2.69. The Morgan fingerprint density at radius 1 is 0.821 bits per heavy atom. The average Bonchev–Trinajstić information content (AvgIpc) is 3.36. The van der Waals surface area contributed by atoms with Gasteiger partial charge < -0.3 is 20.0 Å². The van der Waals surface area contributed by atoms with Crippen molar-refractivity contribution in [2.24, 2.45) is 5.92 Å². The molecule has 0 radical (unpaired) electrons. The average molecular weight is 379 g/mol. The van der Waals surface area contributed by atoms with Gasteiger partial charge in [-0.05, 0) is 67.0 Å². The molecular weight excluding hydrogens is 348 g/mol. The zero-order valence-electron chi connectivity index (χ0n) is 16.4. The van der Waals surface area contributed by atoms with Gasteiger partial charge in [0.15, 0.2) is 0 Å². The quantitative estimate of drug-likeness (QED) is 0.838. The molecular formula is C24H30N2O2. The van der Waals surface area contributed by atoms with Crippen molar-refractivity contribution < 1.29 is 10.2 Å². The number of hydrogen-bond acceptors (Lipinski definition) is 4. The normalized spacial score (nSPS) is 25.6. The molecule has 148 valence electrons. The number of fused-ring (bicyclic) bond motifs is 6. The standard InChI is InChI=1S/C24H30N2O2/c27-14-10-17-3-6-19(7-4-17)25-13-9-21-22-2-1-12-26(22)23-16-18(11-15-28)5-8-20(23)24(21)25/h3-8,16,21-22,24,27-28H,1-2,9-15H2/t21-,22-,24+/m0/s1. The summed E-state index contributed by atoms with van der Waals surface area (Å²) in [4.78, 5) is 5.26. The molecule has 2 saturated heterocycles. The predicted octanol–water partition coefficient (Wildman–Crippen LogP) is 3.31. The highest BCUT2D eigenvalue weighted by Crippen LogP contribution is 2.52. The van der Waals surface area contributed by atoms with E-state index >= 15 is 0 Å². The highest BCUT2D eigenvalue weighted by Gasteiger charge is 2.48. The largest absolute Gasteiger partial charge is 0.396 e. The molecule has 2 aromatic rings. The summed E-state index contributed by atoms with van der Waals surface area (Å²) in [6.07, 6.45) is 5.29. The lowest BCUT2D eigenvalue weighted by atomic mass is 9.81. The number of aliphatic hydroxyl groups is 2. The number of rotatable bonds is 5. The van der Waals surface area contributed by atoms with Crippen LogP contribution in [0.3, 0.4) is 0 Å². The lowest BCUT2D eigenvalue weighted by Gasteiger charge is -2.44. The van der Waals surface area contributed by atoms with Gasteiger partial charge in [-0.3, -0.25) is 0 Å². The first-order valence-electron chi connectivity index (χ1n) is 10.8. The van der Waals surface area contributed by atoms with E-state index in [1.807, 2.05) is 0 Å². The molecule has 3 heterocycles. The fourth-order valence-electron chi connectivity index (χ4n) is 5.80. The Bertz CT molecular complexity index is 835. The van der Waals surface area contributed by atoms with Crippen LogP contribution in [-0.4, -0.2) is 42.6 Å². The van der Waals surface area contributed by atoms with E-state index in [0.717, 1.165) is 19.4 Å². The number of nitrogens with zero attached hydrogens (tertiary/aromatic N) is 2. The fourth-order valence-corrected chi connectivity index (χ4v) is 5.80. The van der Waals surface area contributed by atoms with Crippen LogP contribution in [0.1, 0.15) is 42.0 Å². The van der Waals surface area contributed by atoms with E-state index in [1.165, 1.54) is 53.9 Å². The van der Waals surface area contributed by atoms with Crippen molar-refractivity contribution in [3.8, 4) is 0 Å². The summed E-state index contributed by atoms with van der Waals surface area (Å²) in [7, 11) is 0. The lowest BCUT2D eigenvalue weighted by Crippen LogP contribution is -2.44. The maximum absolute atomic E-state index is 9.38. The van der Waals surface area contributed by atoms with Crippen LogP contribution in [0.5, 0.6) is 0 Å². The molecule has 2 N–H and O–H groups in total. The van der Waals surface area contributed by atoms with Gasteiger partial charge >= 0.3 is 0 Å². The first-order chi connectivity index (χ1) is 13.8. The van der Waals surface area contributed by atoms with Crippen molar-refractivity contribution in [2.75, 3.05) is 36.1 Å². The Hall–Kier alpha value is -2.04. The van der Waals surface area contributed by atoms with Crippen molar-refractivity contribution in [3.05, 3.63) is 59.2 Å². The van der Waals surface area contributed by atoms with E-state index in [-0.39, 0.29) is 13.2 Å². The van der Waals surface area contributed by atoms with Gasteiger partial charge in [0.2, 0.25) is 0 Å². The van der Waals surface area contributed by atoms with Gasteiger partial charge in [0.25, 0.3) is 0 Å². The molecule has 0 aliphatic carbocycles. The van der Waals surface area contributed by atoms with Crippen LogP contribution >= 0.6 is 0 Å². The Morgan fingerprint density at radius 2 is 1.57 bits per heavy atom. The van der Waals surface area contributed by atoms with Crippen LogP contribution in [0.15, 0.2) is 42.5 Å². The second-order valence-electron chi connectivity index (χ2n) is 8.50. The fraction of sp³-hybridized carbons (Fsp3) is 0.500. The summed E-state index contributed by atoms with van der Waals surface area (Å²) in [6, 6.07) is 16.8. The molecule has 2 aromatic carbocycles. The van der Waals surface area contributed by atoms with Crippen molar-refractivity contribution in [1.29, 1.82) is 0 Å². The zero-order chi connectivity index (χ0) is 19.1. The molecule has 3 aliphatic heterocycles. The summed E-state index contributed by atoms with van der Waals surface area (Å²) >= 11 is 0. The highest BCUT2D eigenvalue weighted by atomic mass is 16.3. The monoisotopic (exact) mass is 378 g/mol. The number of aliphatic hydroxyl groups excluding tert-OH is 2. The summed E-state index contributed by atoms with van der Waals surface area (Å²) in [5.74, 6) is 0.691. The molecule has 4 heteroatoms. The summed E-state index contributed by atoms with van der Waals surface area (Å²) < 4.78 is 0. The van der Waals surface area contributed by atoms with Crippen LogP contribution in [0.25, 0.3) is 0 Å². The number of hydrogen-bond donors (Lipinski definition) is 2. The molecule has 2 fully saturated rings. The molecule has 3 atom stereocenters. The first kappa shape index (κ1) is 18.0. The topological polar surface area (TPSA) is 46.9 Å². The van der Waals surface area contributed by atoms with Gasteiger partial charge in [0.1, 0.15) is 0 Å². The van der Waals surface area contributed by atoms with Gasteiger partial charge in [0.05, 0.1) is 6.04 Å². The van der Waals surface area contributed by atoms with Gasteiger partial charge in [-0.1, -0.05) is 24.3 Å². The maximum atomic E-state index is 9.38. The van der Waals surface area contributed by atoms with Gasteiger partial charge in [0, 0.05) is 49.6 Å². The van der Waals surface area contributed by atoms with E-state index in [1.54, 1.807) is 0 Å². The van der Waals surface area contributed by atoms with Crippen molar-refractivity contribution in [3.63, 3.8) is 0 Å². The Labute approximate surface area is 167 Å². The van der Waals surface area contributed by atoms with Gasteiger partial charge in [-0.2, -0.15) is 0 Å². The third kappa shape index (κ3) is 2.90. The summed E-state index contributed by atoms with van der Waals surface area (Å²) in [5, 5.41) is 18.6. The number of anilines is 2. The predicted molar refractivity (Wildman–Crippen MR) is 113 cm³/mol. The molecule has 0 saturated carbocycles. The Balaban J connectivity index is 1.53. The van der Waals surface area contributed by atoms with Crippen molar-refractivity contribution in [1.82, 2.24) is 0 Å². The van der Waals surface area contributed by atoms with Crippen LogP contribution in [0, 0.1) is 5.92 Å². The minimum absolute atomic E-state index is 0.203. The zero-order valence-corrected chi connectivity index (χ0v) is 16.4. The van der Waals surface area contributed by atoms with Gasteiger partial charge in [-0.25, -0.2) is 0 Å². The third-order valence-electron chi connectivity index (χ3n) is 7.03. The second kappa shape index (κ2) is 7.41. The SMILES string of the molecule is OCCc1ccc(N2CC[C@@H]3[C@H]2c2ccc(CCO)cc2N2CCC[C@@H]32)cc1. The summed E-state index contributed by atoms with van der Waals surface area (Å²) in [5.41, 5.74) is 6.59. The molecule has 4 nitrogen and oxygen atoms in total. The molecule has 3 aliphatic rings. The Morgan fingerprint density at radius 3 is 2.36 bits per heavy atom. The minimum atomic E-state index is 0.203. The van der Waals surface area contributed by atoms with Crippen LogP contribution < -0.4 is 9.80 Å². The third-order valence-corrected chi connectivity index (χ3v) is 7.03. The highest BCUT2D eigenvalue weighted by molar-refractivity contribution is 5.65. The molecule has 0 spiro atoms. The smallest absolute Gasteiger partial charge is 0.0611 e. The van der Waals surface area contributed by atoms with E-state index in [2.05, 4.69) is 52.3 Å². The molecule has 5 rings (SSSR count). The molecule has 0 unspecified atom stereocenters. The van der Waals surface area contributed by atoms with Crippen molar-refractivity contribution in [2.45, 2.75) is 44.2 Å². The van der Waals surface area contributed by atoms with Crippen molar-refractivity contribution >= 4 is 11.4 Å². The van der Waals surface area contributed by atoms with E-state index in [9.17, 15) is 10.2 Å². The van der Waals surface area contributed by atoms with Gasteiger partial charge in [-0.15, -0.1) is 0 Å². The molecule has 0 aromatic heterocycles. The number of benzene rings is 2. The maximum Gasteiger partial charge on any atom is 0.0611 e. The van der Waals surface area contributed by atoms with Crippen LogP contribution in [0.4, 0.5) is 11.4 Å². The van der Waals surface area contributed by atoms with E-state index in [4.69, 9.17) is 0 Å². The molecule has 0 amide bonds.